The maximum absolute atomic E-state index is 12.3. The normalized spacial score (nSPS) is 13.7. The van der Waals surface area contributed by atoms with Crippen molar-refractivity contribution in [2.24, 2.45) is 0 Å². The van der Waals surface area contributed by atoms with Crippen LogP contribution >= 0.6 is 22.9 Å². The minimum atomic E-state index is -1.13. The number of nitrogens with zero attached hydrogens (tertiary/aromatic N) is 1. The Bertz CT molecular complexity index is 847. The van der Waals surface area contributed by atoms with Crippen molar-refractivity contribution >= 4 is 39.6 Å². The molecule has 2 N–H and O–H groups in total. The Balaban J connectivity index is 1.79. The van der Waals surface area contributed by atoms with Crippen LogP contribution in [0.1, 0.15) is 23.0 Å². The van der Waals surface area contributed by atoms with Gasteiger partial charge in [-0.3, -0.25) is 4.79 Å². The average molecular weight is 347 g/mol. The number of nitrogens with one attached hydrogen (secondary N) is 1. The van der Waals surface area contributed by atoms with Gasteiger partial charge in [0.15, 0.2) is 0 Å². The number of hydrogen-bond acceptors (Lipinski definition) is 4. The van der Waals surface area contributed by atoms with Gasteiger partial charge in [-0.15, -0.1) is 0 Å². The summed E-state index contributed by atoms with van der Waals surface area (Å²) < 4.78 is 0. The lowest BCUT2D eigenvalue weighted by Crippen LogP contribution is -2.38. The molecule has 1 unspecified atom stereocenters. The highest BCUT2D eigenvalue weighted by atomic mass is 35.5. The van der Waals surface area contributed by atoms with Gasteiger partial charge in [0.1, 0.15) is 16.4 Å². The second-order valence-corrected chi connectivity index (χ2v) is 6.63. The van der Waals surface area contributed by atoms with E-state index in [0.29, 0.717) is 0 Å². The lowest BCUT2D eigenvalue weighted by atomic mass is 9.99. The predicted octanol–water partition coefficient (Wildman–Crippen LogP) is 3.59. The van der Waals surface area contributed by atoms with E-state index in [1.165, 1.54) is 11.3 Å². The fourth-order valence-electron chi connectivity index (χ4n) is 2.29. The van der Waals surface area contributed by atoms with Gasteiger partial charge in [0, 0.05) is 5.39 Å². The topological polar surface area (TPSA) is 62.2 Å². The number of benzene rings is 1. The zero-order chi connectivity index (χ0) is 16.4. The number of carbonyl (C=O) groups is 1. The molecule has 6 heteroatoms. The van der Waals surface area contributed by atoms with Crippen LogP contribution < -0.4 is 5.32 Å². The lowest BCUT2D eigenvalue weighted by Gasteiger charge is -2.22. The standard InChI is InChI=1S/C17H15ClN2O2S/c1-17(22,12-6-7-23-9-12)10-19-16(21)14-8-11-4-2-3-5-13(11)15(18)20-14/h2-9,22H,10H2,1H3,(H,19,21). The fraction of sp³-hybridized carbons (Fsp3) is 0.176. The Kier molecular flexibility index (Phi) is 4.35. The molecule has 3 aromatic rings. The molecular formula is C17H15ClN2O2S. The summed E-state index contributed by atoms with van der Waals surface area (Å²) >= 11 is 7.64. The largest absolute Gasteiger partial charge is 0.384 e. The zero-order valence-electron chi connectivity index (χ0n) is 12.4. The van der Waals surface area contributed by atoms with E-state index in [0.717, 1.165) is 16.3 Å². The van der Waals surface area contributed by atoms with Crippen LogP contribution in [0, 0.1) is 0 Å². The second kappa shape index (κ2) is 6.28. The second-order valence-electron chi connectivity index (χ2n) is 5.49. The Hall–Kier alpha value is -1.95. The molecule has 1 atom stereocenters. The summed E-state index contributed by atoms with van der Waals surface area (Å²) in [7, 11) is 0. The highest BCUT2D eigenvalue weighted by molar-refractivity contribution is 7.08. The van der Waals surface area contributed by atoms with Crippen LogP contribution in [0.2, 0.25) is 5.15 Å². The summed E-state index contributed by atoms with van der Waals surface area (Å²) in [6.07, 6.45) is 0. The van der Waals surface area contributed by atoms with Crippen LogP contribution in [0.3, 0.4) is 0 Å². The first-order chi connectivity index (χ1) is 11.0. The van der Waals surface area contributed by atoms with Crippen molar-refractivity contribution in [1.82, 2.24) is 10.3 Å². The van der Waals surface area contributed by atoms with E-state index in [-0.39, 0.29) is 23.3 Å². The van der Waals surface area contributed by atoms with Crippen molar-refractivity contribution in [2.45, 2.75) is 12.5 Å². The number of thiophene rings is 1. The summed E-state index contributed by atoms with van der Waals surface area (Å²) in [4.78, 5) is 16.5. The van der Waals surface area contributed by atoms with E-state index in [9.17, 15) is 9.90 Å². The van der Waals surface area contributed by atoms with Crippen LogP contribution in [0.4, 0.5) is 0 Å². The molecule has 0 saturated carbocycles. The van der Waals surface area contributed by atoms with Crippen LogP contribution in [0.25, 0.3) is 10.8 Å². The summed E-state index contributed by atoms with van der Waals surface area (Å²) in [5.74, 6) is -0.367. The van der Waals surface area contributed by atoms with E-state index >= 15 is 0 Å². The Morgan fingerprint density at radius 3 is 2.91 bits per heavy atom. The third kappa shape index (κ3) is 3.37. The van der Waals surface area contributed by atoms with Gasteiger partial charge in [-0.2, -0.15) is 11.3 Å². The van der Waals surface area contributed by atoms with Crippen molar-refractivity contribution in [3.05, 3.63) is 63.6 Å². The zero-order valence-corrected chi connectivity index (χ0v) is 14.0. The van der Waals surface area contributed by atoms with Gasteiger partial charge in [0.05, 0.1) is 6.54 Å². The van der Waals surface area contributed by atoms with Gasteiger partial charge in [0.25, 0.3) is 5.91 Å². The average Bonchev–Trinajstić information content (AvgIpc) is 3.08. The minimum Gasteiger partial charge on any atom is -0.384 e. The molecule has 0 radical (unpaired) electrons. The van der Waals surface area contributed by atoms with Crippen LogP contribution in [0.5, 0.6) is 0 Å². The summed E-state index contributed by atoms with van der Waals surface area (Å²) in [5.41, 5.74) is -0.127. The number of pyridine rings is 1. The maximum Gasteiger partial charge on any atom is 0.270 e. The molecule has 2 aromatic heterocycles. The molecule has 2 heterocycles. The highest BCUT2D eigenvalue weighted by Crippen LogP contribution is 2.24. The number of rotatable bonds is 4. The minimum absolute atomic E-state index is 0.0920. The van der Waals surface area contributed by atoms with Crippen LogP contribution in [-0.4, -0.2) is 22.5 Å². The number of halogens is 1. The van der Waals surface area contributed by atoms with Crippen molar-refractivity contribution in [3.63, 3.8) is 0 Å². The smallest absolute Gasteiger partial charge is 0.270 e. The van der Waals surface area contributed by atoms with Gasteiger partial charge >= 0.3 is 0 Å². The number of hydrogen-bond donors (Lipinski definition) is 2. The first kappa shape index (κ1) is 15.9. The van der Waals surface area contributed by atoms with Crippen molar-refractivity contribution in [1.29, 1.82) is 0 Å². The van der Waals surface area contributed by atoms with Gasteiger partial charge in [0.2, 0.25) is 0 Å². The van der Waals surface area contributed by atoms with Crippen LogP contribution in [-0.2, 0) is 5.60 Å². The van der Waals surface area contributed by atoms with E-state index in [4.69, 9.17) is 11.6 Å². The molecule has 0 aliphatic heterocycles. The van der Waals surface area contributed by atoms with E-state index in [1.54, 1.807) is 13.0 Å². The summed E-state index contributed by atoms with van der Waals surface area (Å²) in [6.45, 7) is 1.75. The number of amides is 1. The van der Waals surface area contributed by atoms with Crippen molar-refractivity contribution < 1.29 is 9.90 Å². The molecule has 0 aliphatic carbocycles. The number of carbonyl (C=O) groups excluding carboxylic acids is 1. The predicted molar refractivity (Wildman–Crippen MR) is 93.0 cm³/mol. The molecule has 23 heavy (non-hydrogen) atoms. The van der Waals surface area contributed by atoms with Gasteiger partial charge in [-0.1, -0.05) is 35.9 Å². The summed E-state index contributed by atoms with van der Waals surface area (Å²) in [5, 5.41) is 18.8. The molecule has 0 fully saturated rings. The lowest BCUT2D eigenvalue weighted by molar-refractivity contribution is 0.0528. The molecule has 0 saturated heterocycles. The third-order valence-electron chi connectivity index (χ3n) is 3.66. The fourth-order valence-corrected chi connectivity index (χ4v) is 3.33. The molecule has 4 nitrogen and oxygen atoms in total. The van der Waals surface area contributed by atoms with Crippen molar-refractivity contribution in [3.8, 4) is 0 Å². The number of aromatic nitrogens is 1. The highest BCUT2D eigenvalue weighted by Gasteiger charge is 2.24. The van der Waals surface area contributed by atoms with Gasteiger partial charge in [-0.25, -0.2) is 4.98 Å². The molecule has 0 bridgehead atoms. The van der Waals surface area contributed by atoms with E-state index in [1.807, 2.05) is 41.1 Å². The first-order valence-corrected chi connectivity index (χ1v) is 8.38. The Morgan fingerprint density at radius 1 is 1.39 bits per heavy atom. The van der Waals surface area contributed by atoms with Crippen molar-refractivity contribution in [2.75, 3.05) is 6.54 Å². The summed E-state index contributed by atoms with van der Waals surface area (Å²) in [6, 6.07) is 11.0. The Labute approximate surface area is 142 Å². The SMILES string of the molecule is CC(O)(CNC(=O)c1cc2ccccc2c(Cl)n1)c1ccsc1. The number of aliphatic hydroxyl groups is 1. The first-order valence-electron chi connectivity index (χ1n) is 7.06. The Morgan fingerprint density at radius 2 is 2.17 bits per heavy atom. The molecule has 1 amide bonds. The molecular weight excluding hydrogens is 332 g/mol. The molecule has 1 aromatic carbocycles. The molecule has 118 valence electrons. The molecule has 0 aliphatic rings. The van der Waals surface area contributed by atoms with Crippen LogP contribution in [0.15, 0.2) is 47.2 Å². The third-order valence-corrected chi connectivity index (χ3v) is 4.63. The maximum atomic E-state index is 12.3. The molecule has 0 spiro atoms. The quantitative estimate of drug-likeness (QED) is 0.710. The molecule has 3 rings (SSSR count). The monoisotopic (exact) mass is 346 g/mol. The van der Waals surface area contributed by atoms with Gasteiger partial charge < -0.3 is 10.4 Å². The van der Waals surface area contributed by atoms with E-state index in [2.05, 4.69) is 10.3 Å². The number of fused-ring (bicyclic) bond motifs is 1. The van der Waals surface area contributed by atoms with E-state index < -0.39 is 5.60 Å². The van der Waals surface area contributed by atoms with Gasteiger partial charge in [-0.05, 0) is 40.8 Å².